The molecule has 0 aromatic heterocycles. The number of rotatable bonds is 1. The molecular weight excluding hydrogens is 179 g/mol. The molecule has 0 heterocycles. The van der Waals surface area contributed by atoms with Gasteiger partial charge in [0.05, 0.1) is 0 Å². The van der Waals surface area contributed by atoms with Crippen LogP contribution in [0.3, 0.4) is 0 Å². The van der Waals surface area contributed by atoms with Crippen LogP contribution in [0.5, 0.6) is 0 Å². The van der Waals surface area contributed by atoms with Crippen LogP contribution >= 0.6 is 11.6 Å². The Morgan fingerprint density at radius 2 is 2.18 bits per heavy atom. The van der Waals surface area contributed by atoms with Gasteiger partial charge in [-0.05, 0) is 17.7 Å². The second-order valence-corrected chi connectivity index (χ2v) is 3.63. The SMILES string of the molecule is CC([Si])c1c(F)cccc1Cl. The summed E-state index contributed by atoms with van der Waals surface area (Å²) in [5, 5.41) is 0.465. The fourth-order valence-corrected chi connectivity index (χ4v) is 1.64. The molecule has 1 rings (SSSR count). The van der Waals surface area contributed by atoms with Gasteiger partial charge >= 0.3 is 0 Å². The molecule has 0 N–H and O–H groups in total. The number of benzene rings is 1. The molecule has 0 aliphatic rings. The standard InChI is InChI=1S/C8H7ClFSi/c1-5(11)8-6(9)3-2-4-7(8)10/h2-5H,1H3. The maximum absolute atomic E-state index is 13.0. The van der Waals surface area contributed by atoms with Gasteiger partial charge in [0.2, 0.25) is 0 Å². The summed E-state index contributed by atoms with van der Waals surface area (Å²) in [6.07, 6.45) is 0. The van der Waals surface area contributed by atoms with E-state index in [1.807, 2.05) is 6.92 Å². The maximum Gasteiger partial charge on any atom is 0.127 e. The van der Waals surface area contributed by atoms with Crippen LogP contribution in [0, 0.1) is 5.82 Å². The van der Waals surface area contributed by atoms with Crippen LogP contribution in [0.2, 0.25) is 5.02 Å². The van der Waals surface area contributed by atoms with Gasteiger partial charge in [0.25, 0.3) is 0 Å². The average Bonchev–Trinajstić information content (AvgIpc) is 1.85. The molecule has 57 valence electrons. The molecule has 11 heavy (non-hydrogen) atoms. The lowest BCUT2D eigenvalue weighted by Gasteiger charge is -2.07. The first-order valence-corrected chi connectivity index (χ1v) is 4.23. The van der Waals surface area contributed by atoms with Crippen molar-refractivity contribution in [3.05, 3.63) is 34.6 Å². The van der Waals surface area contributed by atoms with Crippen LogP contribution < -0.4 is 0 Å². The van der Waals surface area contributed by atoms with Crippen molar-refractivity contribution in [2.24, 2.45) is 0 Å². The molecule has 0 nitrogen and oxygen atoms in total. The van der Waals surface area contributed by atoms with Crippen molar-refractivity contribution in [2.75, 3.05) is 0 Å². The minimum absolute atomic E-state index is 0.0521. The van der Waals surface area contributed by atoms with Crippen LogP contribution in [0.15, 0.2) is 18.2 Å². The van der Waals surface area contributed by atoms with E-state index in [0.29, 0.717) is 10.6 Å². The average molecular weight is 186 g/mol. The lowest BCUT2D eigenvalue weighted by molar-refractivity contribution is 0.610. The molecule has 1 aromatic carbocycles. The summed E-state index contributed by atoms with van der Waals surface area (Å²) in [4.78, 5) is 0. The van der Waals surface area contributed by atoms with Gasteiger partial charge in [-0.2, -0.15) is 0 Å². The highest BCUT2D eigenvalue weighted by Crippen LogP contribution is 2.24. The van der Waals surface area contributed by atoms with Gasteiger partial charge in [-0.15, -0.1) is 0 Å². The van der Waals surface area contributed by atoms with Crippen molar-refractivity contribution in [3.63, 3.8) is 0 Å². The molecule has 0 bridgehead atoms. The number of hydrogen-bond acceptors (Lipinski definition) is 0. The monoisotopic (exact) mass is 185 g/mol. The van der Waals surface area contributed by atoms with E-state index in [1.54, 1.807) is 12.1 Å². The normalized spacial score (nSPS) is 13.1. The van der Waals surface area contributed by atoms with Gasteiger partial charge < -0.3 is 0 Å². The molecule has 1 unspecified atom stereocenters. The zero-order chi connectivity index (χ0) is 8.43. The number of halogens is 2. The predicted octanol–water partition coefficient (Wildman–Crippen LogP) is 2.71. The molecule has 0 saturated heterocycles. The van der Waals surface area contributed by atoms with Crippen molar-refractivity contribution in [1.82, 2.24) is 0 Å². The Hall–Kier alpha value is -0.343. The zero-order valence-electron chi connectivity index (χ0n) is 6.07. The molecule has 0 amide bonds. The molecule has 0 aliphatic heterocycles. The van der Waals surface area contributed by atoms with E-state index in [1.165, 1.54) is 6.07 Å². The van der Waals surface area contributed by atoms with Gasteiger partial charge in [0, 0.05) is 20.8 Å². The van der Waals surface area contributed by atoms with Gasteiger partial charge in [-0.3, -0.25) is 0 Å². The van der Waals surface area contributed by atoms with Crippen LogP contribution in [-0.4, -0.2) is 10.2 Å². The van der Waals surface area contributed by atoms with Crippen molar-refractivity contribution in [2.45, 2.75) is 12.5 Å². The van der Waals surface area contributed by atoms with E-state index >= 15 is 0 Å². The fourth-order valence-electron chi connectivity index (χ4n) is 0.924. The molecule has 0 aliphatic carbocycles. The van der Waals surface area contributed by atoms with Gasteiger partial charge in [0.15, 0.2) is 0 Å². The highest BCUT2D eigenvalue weighted by Gasteiger charge is 2.09. The van der Waals surface area contributed by atoms with Gasteiger partial charge in [0.1, 0.15) is 5.82 Å². The quantitative estimate of drug-likeness (QED) is 0.591. The van der Waals surface area contributed by atoms with E-state index in [2.05, 4.69) is 10.2 Å². The lowest BCUT2D eigenvalue weighted by atomic mass is 10.1. The van der Waals surface area contributed by atoms with Crippen LogP contribution in [-0.2, 0) is 0 Å². The Bertz CT molecular complexity index is 240. The first-order valence-electron chi connectivity index (χ1n) is 3.28. The Labute approximate surface area is 73.8 Å². The van der Waals surface area contributed by atoms with Gasteiger partial charge in [-0.1, -0.05) is 24.6 Å². The fraction of sp³-hybridized carbons (Fsp3) is 0.250. The van der Waals surface area contributed by atoms with E-state index in [9.17, 15) is 4.39 Å². The summed E-state index contributed by atoms with van der Waals surface area (Å²) in [5.74, 6) is -0.264. The summed E-state index contributed by atoms with van der Waals surface area (Å²) < 4.78 is 13.0. The maximum atomic E-state index is 13.0. The largest absolute Gasteiger partial charge is 0.207 e. The van der Waals surface area contributed by atoms with Crippen LogP contribution in [0.1, 0.15) is 18.0 Å². The second-order valence-electron chi connectivity index (χ2n) is 2.36. The molecule has 0 fully saturated rings. The van der Waals surface area contributed by atoms with Crippen molar-refractivity contribution in [1.29, 1.82) is 0 Å². The lowest BCUT2D eigenvalue weighted by Crippen LogP contribution is -1.97. The molecule has 3 heteroatoms. The molecule has 0 saturated carbocycles. The third-order valence-corrected chi connectivity index (χ3v) is 2.05. The minimum Gasteiger partial charge on any atom is -0.207 e. The van der Waals surface area contributed by atoms with Crippen molar-refractivity contribution >= 4 is 21.8 Å². The van der Waals surface area contributed by atoms with E-state index in [4.69, 9.17) is 11.6 Å². The first-order chi connectivity index (χ1) is 5.13. The minimum atomic E-state index is -0.264. The van der Waals surface area contributed by atoms with E-state index in [0.717, 1.165) is 0 Å². The Morgan fingerprint density at radius 3 is 2.55 bits per heavy atom. The summed E-state index contributed by atoms with van der Waals surface area (Å²) in [6, 6.07) is 4.67. The smallest absolute Gasteiger partial charge is 0.127 e. The third kappa shape index (κ3) is 1.82. The molecule has 3 radical (unpaired) electrons. The molecule has 0 spiro atoms. The van der Waals surface area contributed by atoms with Crippen LogP contribution in [0.25, 0.3) is 0 Å². The van der Waals surface area contributed by atoms with Crippen molar-refractivity contribution < 1.29 is 4.39 Å². The summed E-state index contributed by atoms with van der Waals surface area (Å²) >= 11 is 5.75. The molecular formula is C8H7ClFSi. The highest BCUT2D eigenvalue weighted by atomic mass is 35.5. The second kappa shape index (κ2) is 3.37. The Morgan fingerprint density at radius 1 is 1.55 bits per heavy atom. The number of hydrogen-bond donors (Lipinski definition) is 0. The molecule has 1 aromatic rings. The topological polar surface area (TPSA) is 0 Å². The summed E-state index contributed by atoms with van der Waals surface area (Å²) in [7, 11) is 3.31. The molecule has 1 atom stereocenters. The predicted molar refractivity (Wildman–Crippen MR) is 45.6 cm³/mol. The van der Waals surface area contributed by atoms with Crippen LogP contribution in [0.4, 0.5) is 4.39 Å². The highest BCUT2D eigenvalue weighted by molar-refractivity contribution is 6.32. The Balaban J connectivity index is 3.21. The first kappa shape index (κ1) is 8.75. The third-order valence-electron chi connectivity index (χ3n) is 1.43. The Kier molecular flexibility index (Phi) is 2.68. The van der Waals surface area contributed by atoms with E-state index in [-0.39, 0.29) is 11.4 Å². The van der Waals surface area contributed by atoms with Crippen molar-refractivity contribution in [3.8, 4) is 0 Å². The van der Waals surface area contributed by atoms with Gasteiger partial charge in [-0.25, -0.2) is 4.39 Å². The summed E-state index contributed by atoms with van der Waals surface area (Å²) in [5.41, 5.74) is 0.467. The zero-order valence-corrected chi connectivity index (χ0v) is 7.82. The van der Waals surface area contributed by atoms with E-state index < -0.39 is 0 Å². The summed E-state index contributed by atoms with van der Waals surface area (Å²) in [6.45, 7) is 1.83.